The number of likely N-dealkylation sites (tertiary alicyclic amines) is 1. The molecule has 172 valence electrons. The van der Waals surface area contributed by atoms with Crippen molar-refractivity contribution in [2.75, 3.05) is 25.4 Å². The van der Waals surface area contributed by atoms with Crippen LogP contribution in [0.3, 0.4) is 0 Å². The first-order valence-corrected chi connectivity index (χ1v) is 12.9. The summed E-state index contributed by atoms with van der Waals surface area (Å²) in [7, 11) is 0. The van der Waals surface area contributed by atoms with Crippen LogP contribution in [0.2, 0.25) is 0 Å². The highest BCUT2D eigenvalue weighted by Crippen LogP contribution is 2.34. The number of rotatable bonds is 8. The van der Waals surface area contributed by atoms with E-state index in [1.54, 1.807) is 11.8 Å². The van der Waals surface area contributed by atoms with Crippen LogP contribution < -0.4 is 5.32 Å². The van der Waals surface area contributed by atoms with Gasteiger partial charge in [-0.25, -0.2) is 0 Å². The van der Waals surface area contributed by atoms with Gasteiger partial charge in [0.15, 0.2) is 0 Å². The van der Waals surface area contributed by atoms with Gasteiger partial charge >= 0.3 is 0 Å². The third-order valence-corrected chi connectivity index (χ3v) is 7.78. The Balaban J connectivity index is 1.59. The van der Waals surface area contributed by atoms with Crippen LogP contribution in [0.4, 0.5) is 0 Å². The summed E-state index contributed by atoms with van der Waals surface area (Å²) >= 11 is 1.74. The highest BCUT2D eigenvalue weighted by molar-refractivity contribution is 8.00. The molecule has 1 aromatic rings. The van der Waals surface area contributed by atoms with E-state index < -0.39 is 6.04 Å². The van der Waals surface area contributed by atoms with Gasteiger partial charge in [-0.15, -0.1) is 11.8 Å². The number of nitrogens with zero attached hydrogens (tertiary/aromatic N) is 2. The smallest absolute Gasteiger partial charge is 0.255 e. The van der Waals surface area contributed by atoms with Crippen LogP contribution in [0.1, 0.15) is 68.8 Å². The van der Waals surface area contributed by atoms with Gasteiger partial charge in [0.05, 0.1) is 5.37 Å². The van der Waals surface area contributed by atoms with Crippen LogP contribution >= 0.6 is 11.8 Å². The molecule has 3 rings (SSSR count). The molecule has 0 radical (unpaired) electrons. The Morgan fingerprint density at radius 2 is 1.94 bits per heavy atom. The number of benzene rings is 1. The van der Waals surface area contributed by atoms with Gasteiger partial charge in [0.2, 0.25) is 5.91 Å². The molecule has 2 heterocycles. The summed E-state index contributed by atoms with van der Waals surface area (Å²) in [6.07, 6.45) is 5.74. The Hall–Kier alpha value is -1.53. The zero-order valence-corrected chi connectivity index (χ0v) is 20.4. The Labute approximate surface area is 192 Å². The van der Waals surface area contributed by atoms with Crippen LogP contribution in [-0.4, -0.2) is 64.5 Å². The molecule has 0 saturated carbocycles. The van der Waals surface area contributed by atoms with Crippen LogP contribution in [0, 0.1) is 12.8 Å². The van der Waals surface area contributed by atoms with Crippen molar-refractivity contribution >= 4 is 23.6 Å². The van der Waals surface area contributed by atoms with Crippen molar-refractivity contribution < 1.29 is 9.59 Å². The molecule has 0 aromatic heterocycles. The molecule has 31 heavy (non-hydrogen) atoms. The van der Waals surface area contributed by atoms with Gasteiger partial charge < -0.3 is 15.1 Å². The van der Waals surface area contributed by atoms with E-state index in [4.69, 9.17) is 0 Å². The molecule has 1 N–H and O–H groups in total. The van der Waals surface area contributed by atoms with Crippen LogP contribution in [0.25, 0.3) is 0 Å². The lowest BCUT2D eigenvalue weighted by atomic mass is 10.0. The highest BCUT2D eigenvalue weighted by atomic mass is 32.2. The molecule has 2 fully saturated rings. The third-order valence-electron chi connectivity index (χ3n) is 6.46. The molecule has 3 atom stereocenters. The number of carbonyl (C=O) groups is 2. The molecular formula is C25H39N3O2S. The Morgan fingerprint density at radius 3 is 2.61 bits per heavy atom. The summed E-state index contributed by atoms with van der Waals surface area (Å²) in [4.78, 5) is 30.8. The zero-order valence-electron chi connectivity index (χ0n) is 19.6. The first-order valence-electron chi connectivity index (χ1n) is 11.9. The summed E-state index contributed by atoms with van der Waals surface area (Å²) in [5.41, 5.74) is 1.79. The van der Waals surface area contributed by atoms with Gasteiger partial charge in [0, 0.05) is 30.4 Å². The fourth-order valence-electron chi connectivity index (χ4n) is 4.57. The van der Waals surface area contributed by atoms with E-state index in [2.05, 4.69) is 31.0 Å². The summed E-state index contributed by atoms with van der Waals surface area (Å²) in [6, 6.07) is 7.94. The minimum atomic E-state index is -0.392. The van der Waals surface area contributed by atoms with Crippen molar-refractivity contribution in [2.45, 2.75) is 77.3 Å². The number of amides is 2. The zero-order chi connectivity index (χ0) is 22.4. The molecular weight excluding hydrogens is 406 g/mol. The summed E-state index contributed by atoms with van der Waals surface area (Å²) in [5.74, 6) is 1.10. The lowest BCUT2D eigenvalue weighted by Crippen LogP contribution is -2.50. The normalized spacial score (nSPS) is 24.5. The first-order chi connectivity index (χ1) is 14.9. The quantitative estimate of drug-likeness (QED) is 0.606. The van der Waals surface area contributed by atoms with Gasteiger partial charge in [0.1, 0.15) is 6.04 Å². The van der Waals surface area contributed by atoms with E-state index in [1.807, 2.05) is 36.1 Å². The second-order valence-corrected chi connectivity index (χ2v) is 10.7. The SMILES string of the molecule is Cc1ccc(C(=O)N2C(CC(C)C)SCC2C(=O)NCCCN2CCCCC2C)cc1. The van der Waals surface area contributed by atoms with Crippen molar-refractivity contribution in [1.29, 1.82) is 0 Å². The number of thioether (sulfide) groups is 1. The molecule has 6 heteroatoms. The molecule has 0 spiro atoms. The average Bonchev–Trinajstić information content (AvgIpc) is 3.15. The molecule has 5 nitrogen and oxygen atoms in total. The number of carbonyl (C=O) groups excluding carboxylic acids is 2. The molecule has 0 bridgehead atoms. The minimum Gasteiger partial charge on any atom is -0.354 e. The van der Waals surface area contributed by atoms with E-state index in [9.17, 15) is 9.59 Å². The van der Waals surface area contributed by atoms with E-state index in [0.29, 0.717) is 29.8 Å². The summed E-state index contributed by atoms with van der Waals surface area (Å²) < 4.78 is 0. The van der Waals surface area contributed by atoms with Crippen molar-refractivity contribution in [3.63, 3.8) is 0 Å². The second kappa shape index (κ2) is 11.4. The number of hydrogen-bond donors (Lipinski definition) is 1. The third kappa shape index (κ3) is 6.48. The van der Waals surface area contributed by atoms with Gasteiger partial charge in [-0.2, -0.15) is 0 Å². The van der Waals surface area contributed by atoms with Crippen LogP contribution in [0.15, 0.2) is 24.3 Å². The molecule has 2 amide bonds. The molecule has 2 saturated heterocycles. The average molecular weight is 446 g/mol. The van der Waals surface area contributed by atoms with Crippen molar-refractivity contribution in [2.24, 2.45) is 5.92 Å². The molecule has 2 aliphatic heterocycles. The second-order valence-electron chi connectivity index (χ2n) is 9.54. The van der Waals surface area contributed by atoms with Gasteiger partial charge in [-0.1, -0.05) is 38.0 Å². The Kier molecular flexibility index (Phi) is 8.85. The Morgan fingerprint density at radius 1 is 1.19 bits per heavy atom. The minimum absolute atomic E-state index is 0.00842. The summed E-state index contributed by atoms with van der Waals surface area (Å²) in [5, 5.41) is 3.18. The van der Waals surface area contributed by atoms with Crippen LogP contribution in [0.5, 0.6) is 0 Å². The molecule has 3 unspecified atom stereocenters. The monoisotopic (exact) mass is 445 g/mol. The van der Waals surface area contributed by atoms with Crippen molar-refractivity contribution in [3.8, 4) is 0 Å². The number of nitrogens with one attached hydrogen (secondary N) is 1. The number of aryl methyl sites for hydroxylation is 1. The van der Waals surface area contributed by atoms with Gasteiger partial charge in [-0.3, -0.25) is 9.59 Å². The van der Waals surface area contributed by atoms with Gasteiger partial charge in [0.25, 0.3) is 5.91 Å². The standard InChI is InChI=1S/C25H39N3O2S/c1-18(2)16-23-28(25(30)21-11-9-19(3)10-12-21)22(17-31-23)24(29)26-13-7-15-27-14-6-5-8-20(27)4/h9-12,18,20,22-23H,5-8,13-17H2,1-4H3,(H,26,29). The predicted octanol–water partition coefficient (Wildman–Crippen LogP) is 4.31. The number of hydrogen-bond acceptors (Lipinski definition) is 4. The maximum Gasteiger partial charge on any atom is 0.255 e. The molecule has 2 aliphatic rings. The highest BCUT2D eigenvalue weighted by Gasteiger charge is 2.41. The molecule has 1 aromatic carbocycles. The van der Waals surface area contributed by atoms with E-state index >= 15 is 0 Å². The van der Waals surface area contributed by atoms with E-state index in [-0.39, 0.29) is 17.2 Å². The lowest BCUT2D eigenvalue weighted by Gasteiger charge is -2.33. The predicted molar refractivity (Wildman–Crippen MR) is 129 cm³/mol. The van der Waals surface area contributed by atoms with Gasteiger partial charge in [-0.05, 0) is 64.1 Å². The first kappa shape index (κ1) is 24.1. The maximum atomic E-state index is 13.4. The summed E-state index contributed by atoms with van der Waals surface area (Å²) in [6.45, 7) is 11.5. The van der Waals surface area contributed by atoms with E-state index in [0.717, 1.165) is 24.9 Å². The van der Waals surface area contributed by atoms with Crippen LogP contribution in [-0.2, 0) is 4.79 Å². The number of piperidine rings is 1. The fraction of sp³-hybridized carbons (Fsp3) is 0.680. The fourth-order valence-corrected chi connectivity index (χ4v) is 6.21. The lowest BCUT2D eigenvalue weighted by molar-refractivity contribution is -0.124. The topological polar surface area (TPSA) is 52.7 Å². The van der Waals surface area contributed by atoms with Crippen molar-refractivity contribution in [3.05, 3.63) is 35.4 Å². The largest absolute Gasteiger partial charge is 0.354 e. The Bertz CT molecular complexity index is 737. The van der Waals surface area contributed by atoms with E-state index in [1.165, 1.54) is 25.8 Å². The van der Waals surface area contributed by atoms with Crippen molar-refractivity contribution in [1.82, 2.24) is 15.1 Å². The maximum absolute atomic E-state index is 13.4. The molecule has 0 aliphatic carbocycles.